The van der Waals surface area contributed by atoms with Gasteiger partial charge >= 0.3 is 0 Å². The van der Waals surface area contributed by atoms with Crippen molar-refractivity contribution in [1.82, 2.24) is 10.1 Å². The lowest BCUT2D eigenvalue weighted by molar-refractivity contribution is 0.0988. The summed E-state index contributed by atoms with van der Waals surface area (Å²) in [6.45, 7) is 1.78. The van der Waals surface area contributed by atoms with Gasteiger partial charge in [0.1, 0.15) is 0 Å². The fourth-order valence-electron chi connectivity index (χ4n) is 2.99. The van der Waals surface area contributed by atoms with Gasteiger partial charge in [0.25, 0.3) is 5.91 Å². The Bertz CT molecular complexity index is 897. The van der Waals surface area contributed by atoms with Crippen molar-refractivity contribution in [2.24, 2.45) is 0 Å². The molecule has 1 N–H and O–H groups in total. The van der Waals surface area contributed by atoms with E-state index in [1.165, 1.54) is 41.7 Å². The summed E-state index contributed by atoms with van der Waals surface area (Å²) in [7, 11) is 0. The Labute approximate surface area is 143 Å². The molecule has 0 spiro atoms. The van der Waals surface area contributed by atoms with Crippen molar-refractivity contribution in [2.75, 3.05) is 5.32 Å². The number of nitrogens with zero attached hydrogens (tertiary/aromatic N) is 2. The monoisotopic (exact) mass is 339 g/mol. The number of carbonyl (C=O) groups excluding carboxylic acids is 1. The summed E-state index contributed by atoms with van der Waals surface area (Å²) < 4.78 is 4.97. The smallest absolute Gasteiger partial charge is 0.296 e. The number of rotatable bonds is 3. The molecule has 0 atom stereocenters. The average Bonchev–Trinajstić information content (AvgIpc) is 3.23. The zero-order valence-corrected chi connectivity index (χ0v) is 14.2. The molecule has 1 aliphatic carbocycles. The van der Waals surface area contributed by atoms with Crippen LogP contribution in [-0.2, 0) is 12.8 Å². The predicted molar refractivity (Wildman–Crippen MR) is 93.4 cm³/mol. The van der Waals surface area contributed by atoms with Gasteiger partial charge in [-0.3, -0.25) is 10.1 Å². The molecule has 0 aliphatic heterocycles. The van der Waals surface area contributed by atoms with E-state index in [-0.39, 0.29) is 11.7 Å². The highest BCUT2D eigenvalue weighted by Gasteiger charge is 2.15. The van der Waals surface area contributed by atoms with Gasteiger partial charge in [-0.15, -0.1) is 11.3 Å². The molecular formula is C18H17N3O2S. The molecule has 1 amide bonds. The third kappa shape index (κ3) is 2.97. The van der Waals surface area contributed by atoms with Crippen LogP contribution in [0.4, 0.5) is 5.13 Å². The second-order valence-electron chi connectivity index (χ2n) is 6.02. The van der Waals surface area contributed by atoms with E-state index in [1.807, 2.05) is 5.38 Å². The lowest BCUT2D eigenvalue weighted by Gasteiger charge is -2.16. The molecule has 122 valence electrons. The number of anilines is 1. The quantitative estimate of drug-likeness (QED) is 0.775. The Kier molecular flexibility index (Phi) is 3.90. The van der Waals surface area contributed by atoms with E-state index in [2.05, 4.69) is 33.7 Å². The maximum absolute atomic E-state index is 12.1. The summed E-state index contributed by atoms with van der Waals surface area (Å²) >= 11 is 1.41. The van der Waals surface area contributed by atoms with Crippen LogP contribution in [0, 0.1) is 6.92 Å². The van der Waals surface area contributed by atoms with Crippen molar-refractivity contribution in [3.63, 3.8) is 0 Å². The Balaban J connectivity index is 1.53. The molecule has 1 aliphatic rings. The van der Waals surface area contributed by atoms with Crippen molar-refractivity contribution in [2.45, 2.75) is 32.6 Å². The lowest BCUT2D eigenvalue weighted by Crippen LogP contribution is -2.10. The molecule has 6 heteroatoms. The summed E-state index contributed by atoms with van der Waals surface area (Å²) in [4.78, 5) is 16.6. The highest BCUT2D eigenvalue weighted by molar-refractivity contribution is 7.14. The molecular weight excluding hydrogens is 322 g/mol. The number of amides is 1. The van der Waals surface area contributed by atoms with Crippen molar-refractivity contribution < 1.29 is 9.32 Å². The first-order valence-corrected chi connectivity index (χ1v) is 8.89. The minimum absolute atomic E-state index is 0.193. The number of carbonyl (C=O) groups is 1. The zero-order chi connectivity index (χ0) is 16.5. The molecule has 0 unspecified atom stereocenters. The number of fused-ring (bicyclic) bond motifs is 1. The van der Waals surface area contributed by atoms with Gasteiger partial charge in [0.2, 0.25) is 5.76 Å². The standard InChI is InChI=1S/C18H17N3O2S/c1-11-8-16(23-21-11)17(22)20-18-19-15(10-24-18)14-7-6-12-4-2-3-5-13(12)9-14/h6-10H,2-5H2,1H3,(H,19,20,22). The highest BCUT2D eigenvalue weighted by atomic mass is 32.1. The summed E-state index contributed by atoms with van der Waals surface area (Å²) in [6, 6.07) is 8.16. The van der Waals surface area contributed by atoms with Crippen LogP contribution in [0.3, 0.4) is 0 Å². The van der Waals surface area contributed by atoms with Crippen LogP contribution < -0.4 is 5.32 Å². The van der Waals surface area contributed by atoms with Gasteiger partial charge in [0, 0.05) is 17.0 Å². The maximum atomic E-state index is 12.1. The second kappa shape index (κ2) is 6.20. The first-order chi connectivity index (χ1) is 11.7. The van der Waals surface area contributed by atoms with Gasteiger partial charge in [-0.05, 0) is 49.8 Å². The number of aryl methyl sites for hydroxylation is 3. The van der Waals surface area contributed by atoms with Gasteiger partial charge < -0.3 is 4.52 Å². The van der Waals surface area contributed by atoms with E-state index in [0.29, 0.717) is 10.8 Å². The van der Waals surface area contributed by atoms with Gasteiger partial charge in [-0.25, -0.2) is 4.98 Å². The molecule has 0 bridgehead atoms. The second-order valence-corrected chi connectivity index (χ2v) is 6.87. The average molecular weight is 339 g/mol. The fraction of sp³-hybridized carbons (Fsp3) is 0.278. The number of hydrogen-bond donors (Lipinski definition) is 1. The van der Waals surface area contributed by atoms with E-state index < -0.39 is 0 Å². The van der Waals surface area contributed by atoms with E-state index in [1.54, 1.807) is 13.0 Å². The zero-order valence-electron chi connectivity index (χ0n) is 13.3. The third-order valence-electron chi connectivity index (χ3n) is 4.22. The molecule has 2 heterocycles. The SMILES string of the molecule is Cc1cc(C(=O)Nc2nc(-c3ccc4c(c3)CCCC4)cs2)on1. The van der Waals surface area contributed by atoms with Crippen LogP contribution in [0.25, 0.3) is 11.3 Å². The van der Waals surface area contributed by atoms with Gasteiger partial charge in [0.05, 0.1) is 11.4 Å². The highest BCUT2D eigenvalue weighted by Crippen LogP contribution is 2.29. The molecule has 0 saturated carbocycles. The Hall–Kier alpha value is -2.47. The molecule has 2 aromatic heterocycles. The number of nitrogens with one attached hydrogen (secondary N) is 1. The summed E-state index contributed by atoms with van der Waals surface area (Å²) in [5.74, 6) is -0.139. The molecule has 5 nitrogen and oxygen atoms in total. The number of aromatic nitrogens is 2. The van der Waals surface area contributed by atoms with Crippen molar-refractivity contribution in [1.29, 1.82) is 0 Å². The third-order valence-corrected chi connectivity index (χ3v) is 4.98. The van der Waals surface area contributed by atoms with Crippen molar-refractivity contribution in [3.05, 3.63) is 52.2 Å². The predicted octanol–water partition coefficient (Wildman–Crippen LogP) is 4.24. The largest absolute Gasteiger partial charge is 0.351 e. The lowest BCUT2D eigenvalue weighted by atomic mass is 9.90. The van der Waals surface area contributed by atoms with Crippen LogP contribution >= 0.6 is 11.3 Å². The fourth-order valence-corrected chi connectivity index (χ4v) is 3.70. The van der Waals surface area contributed by atoms with E-state index in [9.17, 15) is 4.79 Å². The van der Waals surface area contributed by atoms with Crippen LogP contribution in [0.15, 0.2) is 34.2 Å². The summed E-state index contributed by atoms with van der Waals surface area (Å²) in [5.41, 5.74) is 5.54. The van der Waals surface area contributed by atoms with Crippen LogP contribution in [0.1, 0.15) is 40.2 Å². The number of thiazole rings is 1. The molecule has 0 fully saturated rings. The molecule has 24 heavy (non-hydrogen) atoms. The van der Waals surface area contributed by atoms with Crippen molar-refractivity contribution in [3.8, 4) is 11.3 Å². The first-order valence-electron chi connectivity index (χ1n) is 8.01. The van der Waals surface area contributed by atoms with Gasteiger partial charge in [0.15, 0.2) is 5.13 Å². The maximum Gasteiger partial charge on any atom is 0.296 e. The molecule has 0 radical (unpaired) electrons. The summed E-state index contributed by atoms with van der Waals surface area (Å²) in [5, 5.41) is 9.00. The topological polar surface area (TPSA) is 68.0 Å². The Morgan fingerprint density at radius 1 is 1.21 bits per heavy atom. The van der Waals surface area contributed by atoms with Gasteiger partial charge in [-0.2, -0.15) is 0 Å². The first kappa shape index (κ1) is 15.1. The summed E-state index contributed by atoms with van der Waals surface area (Å²) in [6.07, 6.45) is 4.85. The molecule has 1 aromatic carbocycles. The van der Waals surface area contributed by atoms with Crippen LogP contribution in [-0.4, -0.2) is 16.0 Å². The van der Waals surface area contributed by atoms with Crippen LogP contribution in [0.5, 0.6) is 0 Å². The molecule has 0 saturated heterocycles. The molecule has 4 rings (SSSR count). The van der Waals surface area contributed by atoms with Crippen molar-refractivity contribution >= 4 is 22.4 Å². The van der Waals surface area contributed by atoms with E-state index >= 15 is 0 Å². The van der Waals surface area contributed by atoms with Crippen LogP contribution in [0.2, 0.25) is 0 Å². The van der Waals surface area contributed by atoms with E-state index in [4.69, 9.17) is 4.52 Å². The normalized spacial score (nSPS) is 13.5. The van der Waals surface area contributed by atoms with E-state index in [0.717, 1.165) is 17.7 Å². The number of hydrogen-bond acceptors (Lipinski definition) is 5. The minimum Gasteiger partial charge on any atom is -0.351 e. The Morgan fingerprint density at radius 2 is 2.04 bits per heavy atom. The van der Waals surface area contributed by atoms with Gasteiger partial charge in [-0.1, -0.05) is 17.3 Å². The Morgan fingerprint density at radius 3 is 2.83 bits per heavy atom. The minimum atomic E-state index is -0.332. The number of benzene rings is 1. The molecule has 3 aromatic rings.